The van der Waals surface area contributed by atoms with Gasteiger partial charge in [0.1, 0.15) is 6.61 Å². The molecule has 1 atom stereocenters. The summed E-state index contributed by atoms with van der Waals surface area (Å²) in [5.74, 6) is -2.53. The molecule has 0 aromatic heterocycles. The molecule has 0 fully saturated rings. The lowest BCUT2D eigenvalue weighted by molar-refractivity contribution is -0.138. The Morgan fingerprint density at radius 1 is 1.06 bits per heavy atom. The van der Waals surface area contributed by atoms with Gasteiger partial charge >= 0.3 is 11.9 Å². The first-order valence-electron chi connectivity index (χ1n) is 9.73. The highest BCUT2D eigenvalue weighted by Gasteiger charge is 2.37. The molecular formula is C25H22N2O4. The normalized spacial score (nSPS) is 16.1. The minimum atomic E-state index is -1.12. The van der Waals surface area contributed by atoms with Crippen LogP contribution in [0.15, 0.2) is 83.2 Å². The molecule has 0 radical (unpaired) electrons. The van der Waals surface area contributed by atoms with E-state index in [1.165, 1.54) is 0 Å². The van der Waals surface area contributed by atoms with Crippen LogP contribution in [0.2, 0.25) is 0 Å². The number of carboxylic acids is 1. The number of nitrogens with zero attached hydrogens (tertiary/aromatic N) is 1. The van der Waals surface area contributed by atoms with Crippen LogP contribution in [-0.2, 0) is 14.3 Å². The topological polar surface area (TPSA) is 99.4 Å². The molecule has 0 bridgehead atoms. The fraction of sp³-hybridized carbons (Fsp3) is 0.160. The Morgan fingerprint density at radius 3 is 2.32 bits per heavy atom. The summed E-state index contributed by atoms with van der Waals surface area (Å²) >= 11 is 0. The van der Waals surface area contributed by atoms with Gasteiger partial charge in [0.2, 0.25) is 0 Å². The maximum Gasteiger partial charge on any atom is 0.337 e. The van der Waals surface area contributed by atoms with Gasteiger partial charge in [0.25, 0.3) is 0 Å². The second kappa shape index (κ2) is 9.59. The average Bonchev–Trinajstić information content (AvgIpc) is 2.76. The summed E-state index contributed by atoms with van der Waals surface area (Å²) in [7, 11) is 0. The van der Waals surface area contributed by atoms with Crippen LogP contribution in [0, 0.1) is 11.3 Å². The number of esters is 1. The van der Waals surface area contributed by atoms with Gasteiger partial charge in [-0.15, -0.1) is 0 Å². The van der Waals surface area contributed by atoms with E-state index in [1.54, 1.807) is 44.2 Å². The summed E-state index contributed by atoms with van der Waals surface area (Å²) in [6, 6.07) is 18.2. The van der Waals surface area contributed by atoms with Gasteiger partial charge in [-0.25, -0.2) is 9.59 Å². The largest absolute Gasteiger partial charge is 0.478 e. The highest BCUT2D eigenvalue weighted by molar-refractivity contribution is 5.99. The summed E-state index contributed by atoms with van der Waals surface area (Å²) in [5.41, 5.74) is 3.33. The van der Waals surface area contributed by atoms with Crippen LogP contribution in [-0.4, -0.2) is 23.7 Å². The number of nitrogens with one attached hydrogen (secondary N) is 1. The van der Waals surface area contributed by atoms with Gasteiger partial charge in [-0.05, 0) is 43.2 Å². The molecule has 6 heteroatoms. The molecule has 1 aliphatic heterocycles. The Balaban J connectivity index is 1.88. The quantitative estimate of drug-likeness (QED) is 0.690. The summed E-state index contributed by atoms with van der Waals surface area (Å²) in [6.07, 6.45) is 3.58. The van der Waals surface area contributed by atoms with E-state index < -0.39 is 17.9 Å². The number of ether oxygens (including phenoxy) is 1. The van der Waals surface area contributed by atoms with Gasteiger partial charge < -0.3 is 15.2 Å². The maximum absolute atomic E-state index is 13.0. The van der Waals surface area contributed by atoms with Crippen LogP contribution in [0.1, 0.15) is 36.5 Å². The molecule has 156 valence electrons. The van der Waals surface area contributed by atoms with Crippen LogP contribution in [0.5, 0.6) is 0 Å². The summed E-state index contributed by atoms with van der Waals surface area (Å²) < 4.78 is 5.44. The van der Waals surface area contributed by atoms with Gasteiger partial charge in [-0.3, -0.25) is 0 Å². The van der Waals surface area contributed by atoms with Crippen LogP contribution in [0.4, 0.5) is 0 Å². The molecule has 6 nitrogen and oxygen atoms in total. The van der Waals surface area contributed by atoms with Gasteiger partial charge in [-0.1, -0.05) is 48.5 Å². The minimum absolute atomic E-state index is 0.0513. The Kier molecular flexibility index (Phi) is 6.68. The van der Waals surface area contributed by atoms with E-state index in [1.807, 2.05) is 42.5 Å². The van der Waals surface area contributed by atoms with Gasteiger partial charge in [0.15, 0.2) is 0 Å². The SMILES string of the molecule is CC1=C(C(=O)O)C(c2ccc(C#N)cc2)C(C(=O)OCC=Cc2ccccc2)=C(C)N1. The van der Waals surface area contributed by atoms with E-state index in [4.69, 9.17) is 10.00 Å². The molecule has 0 amide bonds. The number of aliphatic carboxylic acids is 1. The highest BCUT2D eigenvalue weighted by Crippen LogP contribution is 2.38. The fourth-order valence-corrected chi connectivity index (χ4v) is 3.58. The van der Waals surface area contributed by atoms with E-state index in [9.17, 15) is 14.7 Å². The molecule has 2 aromatic carbocycles. The molecule has 1 aliphatic rings. The zero-order chi connectivity index (χ0) is 22.4. The molecule has 0 spiro atoms. The first kappa shape index (κ1) is 21.6. The number of carbonyl (C=O) groups is 2. The van der Waals surface area contributed by atoms with Crippen molar-refractivity contribution in [3.63, 3.8) is 0 Å². The highest BCUT2D eigenvalue weighted by atomic mass is 16.5. The molecule has 0 aliphatic carbocycles. The van der Waals surface area contributed by atoms with Crippen LogP contribution >= 0.6 is 0 Å². The number of hydrogen-bond acceptors (Lipinski definition) is 5. The monoisotopic (exact) mass is 414 g/mol. The average molecular weight is 414 g/mol. The number of dihydropyridines is 1. The minimum Gasteiger partial charge on any atom is -0.478 e. The van der Waals surface area contributed by atoms with Crippen molar-refractivity contribution >= 4 is 18.0 Å². The van der Waals surface area contributed by atoms with Crippen molar-refractivity contribution < 1.29 is 19.4 Å². The molecule has 3 rings (SSSR count). The van der Waals surface area contributed by atoms with Crippen LogP contribution < -0.4 is 5.32 Å². The number of nitriles is 1. The maximum atomic E-state index is 13.0. The number of allylic oxidation sites excluding steroid dienone is 2. The van der Waals surface area contributed by atoms with E-state index in [-0.39, 0.29) is 17.8 Å². The lowest BCUT2D eigenvalue weighted by Gasteiger charge is -2.29. The van der Waals surface area contributed by atoms with E-state index in [0.29, 0.717) is 22.5 Å². The summed E-state index contributed by atoms with van der Waals surface area (Å²) in [4.78, 5) is 25.0. The summed E-state index contributed by atoms with van der Waals surface area (Å²) in [5, 5.41) is 21.9. The van der Waals surface area contributed by atoms with Crippen molar-refractivity contribution in [2.45, 2.75) is 19.8 Å². The van der Waals surface area contributed by atoms with E-state index >= 15 is 0 Å². The number of benzene rings is 2. The standard InChI is InChI=1S/C25H22N2O4/c1-16-21(24(28)29)23(20-12-10-19(15-26)11-13-20)22(17(2)27-16)25(30)31-14-6-9-18-7-4-3-5-8-18/h3-13,23,27H,14H2,1-2H3,(H,28,29). The lowest BCUT2D eigenvalue weighted by atomic mass is 9.80. The molecule has 1 heterocycles. The summed E-state index contributed by atoms with van der Waals surface area (Å²) in [6.45, 7) is 3.43. The molecule has 0 saturated carbocycles. The van der Waals surface area contributed by atoms with Crippen molar-refractivity contribution in [3.05, 3.63) is 99.9 Å². The second-order valence-electron chi connectivity index (χ2n) is 7.09. The third-order valence-corrected chi connectivity index (χ3v) is 5.00. The smallest absolute Gasteiger partial charge is 0.337 e. The Bertz CT molecular complexity index is 1120. The van der Waals surface area contributed by atoms with E-state index in [2.05, 4.69) is 5.32 Å². The molecule has 31 heavy (non-hydrogen) atoms. The Hall–Kier alpha value is -4.11. The van der Waals surface area contributed by atoms with Crippen molar-refractivity contribution in [1.29, 1.82) is 5.26 Å². The third kappa shape index (κ3) is 4.90. The second-order valence-corrected chi connectivity index (χ2v) is 7.09. The molecule has 0 saturated heterocycles. The number of carbonyl (C=O) groups excluding carboxylic acids is 1. The molecule has 1 unspecified atom stereocenters. The predicted octanol–water partition coefficient (Wildman–Crippen LogP) is 4.13. The molecular weight excluding hydrogens is 392 g/mol. The zero-order valence-electron chi connectivity index (χ0n) is 17.3. The van der Waals surface area contributed by atoms with Crippen LogP contribution in [0.25, 0.3) is 6.08 Å². The predicted molar refractivity (Wildman–Crippen MR) is 117 cm³/mol. The lowest BCUT2D eigenvalue weighted by Crippen LogP contribution is -2.31. The number of rotatable bonds is 6. The zero-order valence-corrected chi connectivity index (χ0v) is 17.3. The van der Waals surface area contributed by atoms with Crippen molar-refractivity contribution in [2.24, 2.45) is 0 Å². The van der Waals surface area contributed by atoms with Gasteiger partial charge in [-0.2, -0.15) is 5.26 Å². The first-order chi connectivity index (χ1) is 14.9. The van der Waals surface area contributed by atoms with E-state index in [0.717, 1.165) is 5.56 Å². The van der Waals surface area contributed by atoms with Crippen LogP contribution in [0.3, 0.4) is 0 Å². The van der Waals surface area contributed by atoms with Gasteiger partial charge in [0, 0.05) is 11.4 Å². The third-order valence-electron chi connectivity index (χ3n) is 5.00. The Labute approximate surface area is 180 Å². The van der Waals surface area contributed by atoms with Crippen molar-refractivity contribution in [1.82, 2.24) is 5.32 Å². The van der Waals surface area contributed by atoms with Crippen molar-refractivity contribution in [3.8, 4) is 6.07 Å². The van der Waals surface area contributed by atoms with Gasteiger partial charge in [0.05, 0.1) is 28.7 Å². The molecule has 2 N–H and O–H groups in total. The molecule has 2 aromatic rings. The number of carboxylic acid groups (broad SMARTS) is 1. The Morgan fingerprint density at radius 2 is 1.71 bits per heavy atom. The fourth-order valence-electron chi connectivity index (χ4n) is 3.58. The first-order valence-corrected chi connectivity index (χ1v) is 9.73. The van der Waals surface area contributed by atoms with Crippen molar-refractivity contribution in [2.75, 3.05) is 6.61 Å². The number of hydrogen-bond donors (Lipinski definition) is 2.